The minimum absolute atomic E-state index is 0.148. The Morgan fingerprint density at radius 3 is 2.59 bits per heavy atom. The van der Waals surface area contributed by atoms with Crippen LogP contribution in [-0.2, 0) is 14.8 Å². The number of nitrogens with one attached hydrogen (secondary N) is 1. The van der Waals surface area contributed by atoms with Crippen LogP contribution >= 0.6 is 0 Å². The predicted octanol–water partition coefficient (Wildman–Crippen LogP) is 0.814. The maximum absolute atomic E-state index is 13.2. The van der Waals surface area contributed by atoms with E-state index in [1.54, 1.807) is 0 Å². The number of aliphatic carboxylic acids is 1. The number of carboxylic acids is 1. The summed E-state index contributed by atoms with van der Waals surface area (Å²) in [5.74, 6) is -6.26. The fourth-order valence-electron chi connectivity index (χ4n) is 1.84. The fraction of sp³-hybridized carbons (Fsp3) is 0.889. The molecule has 0 aromatic carbocycles. The molecule has 1 rings (SSSR count). The first-order valence-electron chi connectivity index (χ1n) is 5.25. The lowest BCUT2D eigenvalue weighted by atomic mass is 10.1. The minimum atomic E-state index is -3.99. The van der Waals surface area contributed by atoms with Gasteiger partial charge in [0.1, 0.15) is 6.04 Å². The van der Waals surface area contributed by atoms with Crippen molar-refractivity contribution in [1.82, 2.24) is 4.72 Å². The Bertz CT molecular complexity index is 396. The summed E-state index contributed by atoms with van der Waals surface area (Å²) in [5, 5.41) is 8.53. The van der Waals surface area contributed by atoms with Gasteiger partial charge in [-0.25, -0.2) is 21.9 Å². The van der Waals surface area contributed by atoms with E-state index in [2.05, 4.69) is 0 Å². The third kappa shape index (κ3) is 3.88. The van der Waals surface area contributed by atoms with Crippen molar-refractivity contribution in [3.8, 4) is 0 Å². The highest BCUT2D eigenvalue weighted by molar-refractivity contribution is 7.89. The van der Waals surface area contributed by atoms with E-state index in [9.17, 15) is 22.0 Å². The minimum Gasteiger partial charge on any atom is -0.480 e. The molecule has 1 aliphatic rings. The molecule has 0 aliphatic heterocycles. The van der Waals surface area contributed by atoms with Gasteiger partial charge in [-0.1, -0.05) is 0 Å². The van der Waals surface area contributed by atoms with Crippen molar-refractivity contribution >= 4 is 16.0 Å². The van der Waals surface area contributed by atoms with Crippen LogP contribution in [0.25, 0.3) is 0 Å². The number of sulfonamides is 1. The molecule has 2 atom stereocenters. The van der Waals surface area contributed by atoms with Crippen LogP contribution in [0.3, 0.4) is 0 Å². The number of halogens is 2. The van der Waals surface area contributed by atoms with Gasteiger partial charge in [0.25, 0.3) is 5.92 Å². The average molecular weight is 271 g/mol. The molecule has 2 N–H and O–H groups in total. The lowest BCUT2D eigenvalue weighted by Crippen LogP contribution is -2.42. The highest BCUT2D eigenvalue weighted by atomic mass is 32.2. The van der Waals surface area contributed by atoms with Gasteiger partial charge in [0.15, 0.2) is 0 Å². The molecular formula is C9H15F2NO4S. The van der Waals surface area contributed by atoms with E-state index in [4.69, 9.17) is 5.11 Å². The molecule has 0 aromatic heterocycles. The molecule has 0 aromatic rings. The fourth-order valence-corrected chi connectivity index (χ4v) is 3.51. The van der Waals surface area contributed by atoms with E-state index in [1.165, 1.54) is 0 Å². The molecule has 5 nitrogen and oxygen atoms in total. The van der Waals surface area contributed by atoms with Crippen molar-refractivity contribution < 1.29 is 27.1 Å². The molecule has 0 amide bonds. The van der Waals surface area contributed by atoms with Crippen LogP contribution in [-0.4, -0.2) is 37.2 Å². The number of hydrogen-bond acceptors (Lipinski definition) is 3. The van der Waals surface area contributed by atoms with Crippen molar-refractivity contribution in [3.05, 3.63) is 0 Å². The summed E-state index contributed by atoms with van der Waals surface area (Å²) >= 11 is 0. The first kappa shape index (κ1) is 14.3. The molecule has 100 valence electrons. The largest absolute Gasteiger partial charge is 0.480 e. The molecule has 0 radical (unpaired) electrons. The molecule has 0 saturated heterocycles. The van der Waals surface area contributed by atoms with Crippen LogP contribution < -0.4 is 4.72 Å². The van der Waals surface area contributed by atoms with E-state index in [0.717, 1.165) is 6.92 Å². The van der Waals surface area contributed by atoms with Crippen LogP contribution in [0.1, 0.15) is 26.2 Å². The Labute approximate surface area is 98.3 Å². The third-order valence-electron chi connectivity index (χ3n) is 2.81. The summed E-state index contributed by atoms with van der Waals surface area (Å²) in [4.78, 5) is 10.5. The SMILES string of the molecule is C[C@@H](NS(=O)(=O)CC1CCCC1(F)F)C(=O)O. The normalized spacial score (nSPS) is 25.7. The zero-order chi connectivity index (χ0) is 13.3. The van der Waals surface area contributed by atoms with E-state index in [1.807, 2.05) is 4.72 Å². The van der Waals surface area contributed by atoms with E-state index in [-0.39, 0.29) is 12.8 Å². The summed E-state index contributed by atoms with van der Waals surface area (Å²) < 4.78 is 51.3. The van der Waals surface area contributed by atoms with Gasteiger partial charge in [-0.3, -0.25) is 4.79 Å². The third-order valence-corrected chi connectivity index (χ3v) is 4.36. The van der Waals surface area contributed by atoms with Crippen LogP contribution in [0.5, 0.6) is 0 Å². The van der Waals surface area contributed by atoms with Crippen molar-refractivity contribution in [2.45, 2.75) is 38.2 Å². The summed E-state index contributed by atoms with van der Waals surface area (Å²) in [6, 6.07) is -1.31. The van der Waals surface area contributed by atoms with Gasteiger partial charge in [-0.15, -0.1) is 0 Å². The Kier molecular flexibility index (Phi) is 4.08. The van der Waals surface area contributed by atoms with Crippen LogP contribution in [0.2, 0.25) is 0 Å². The maximum Gasteiger partial charge on any atom is 0.321 e. The molecule has 1 saturated carbocycles. The van der Waals surface area contributed by atoms with Crippen LogP contribution in [0.15, 0.2) is 0 Å². The average Bonchev–Trinajstić information content (AvgIpc) is 2.44. The van der Waals surface area contributed by atoms with Gasteiger partial charge in [0, 0.05) is 12.3 Å². The molecule has 0 spiro atoms. The van der Waals surface area contributed by atoms with Crippen molar-refractivity contribution in [3.63, 3.8) is 0 Å². The first-order valence-corrected chi connectivity index (χ1v) is 6.90. The Balaban J connectivity index is 2.64. The quantitative estimate of drug-likeness (QED) is 0.775. The number of rotatable bonds is 5. The summed E-state index contributed by atoms with van der Waals surface area (Å²) in [5.41, 5.74) is 0. The van der Waals surface area contributed by atoms with Gasteiger partial charge < -0.3 is 5.11 Å². The molecule has 1 unspecified atom stereocenters. The van der Waals surface area contributed by atoms with Crippen molar-refractivity contribution in [1.29, 1.82) is 0 Å². The van der Waals surface area contributed by atoms with Crippen LogP contribution in [0.4, 0.5) is 8.78 Å². The summed E-state index contributed by atoms with van der Waals surface area (Å²) in [7, 11) is -3.99. The standard InChI is InChI=1S/C9H15F2NO4S/c1-6(8(13)14)12-17(15,16)5-7-3-2-4-9(7,10)11/h6-7,12H,2-5H2,1H3,(H,13,14)/t6-,7?/m1/s1. The van der Waals surface area contributed by atoms with Crippen LogP contribution in [0, 0.1) is 5.92 Å². The Hall–Kier alpha value is -0.760. The molecule has 1 aliphatic carbocycles. The van der Waals surface area contributed by atoms with E-state index in [0.29, 0.717) is 6.42 Å². The molecule has 0 bridgehead atoms. The lowest BCUT2D eigenvalue weighted by Gasteiger charge is -2.19. The smallest absolute Gasteiger partial charge is 0.321 e. The second-order valence-electron chi connectivity index (χ2n) is 4.31. The number of carbonyl (C=O) groups is 1. The lowest BCUT2D eigenvalue weighted by molar-refractivity contribution is -0.138. The number of alkyl halides is 2. The van der Waals surface area contributed by atoms with Gasteiger partial charge >= 0.3 is 5.97 Å². The highest BCUT2D eigenvalue weighted by Gasteiger charge is 2.45. The van der Waals surface area contributed by atoms with E-state index < -0.39 is 39.6 Å². The number of hydrogen-bond donors (Lipinski definition) is 2. The predicted molar refractivity (Wildman–Crippen MR) is 56.3 cm³/mol. The highest BCUT2D eigenvalue weighted by Crippen LogP contribution is 2.40. The second-order valence-corrected chi connectivity index (χ2v) is 6.11. The van der Waals surface area contributed by atoms with Gasteiger partial charge in [-0.05, 0) is 19.8 Å². The topological polar surface area (TPSA) is 83.5 Å². The molecular weight excluding hydrogens is 256 g/mol. The first-order chi connectivity index (χ1) is 7.64. The summed E-state index contributed by atoms with van der Waals surface area (Å²) in [6.07, 6.45) is 0.138. The zero-order valence-electron chi connectivity index (χ0n) is 9.32. The number of carboxylic acid groups (broad SMARTS) is 1. The van der Waals surface area contributed by atoms with E-state index >= 15 is 0 Å². The molecule has 0 heterocycles. The van der Waals surface area contributed by atoms with Gasteiger partial charge in [0.2, 0.25) is 10.0 Å². The molecule has 1 fully saturated rings. The summed E-state index contributed by atoms with van der Waals surface area (Å²) in [6.45, 7) is 1.15. The van der Waals surface area contributed by atoms with Crippen molar-refractivity contribution in [2.24, 2.45) is 5.92 Å². The Morgan fingerprint density at radius 1 is 1.59 bits per heavy atom. The monoisotopic (exact) mass is 271 g/mol. The zero-order valence-corrected chi connectivity index (χ0v) is 10.1. The van der Waals surface area contributed by atoms with Gasteiger partial charge in [-0.2, -0.15) is 0 Å². The van der Waals surface area contributed by atoms with Crippen molar-refractivity contribution in [2.75, 3.05) is 5.75 Å². The van der Waals surface area contributed by atoms with Gasteiger partial charge in [0.05, 0.1) is 5.75 Å². The molecule has 17 heavy (non-hydrogen) atoms. The maximum atomic E-state index is 13.2. The Morgan fingerprint density at radius 2 is 2.18 bits per heavy atom. The molecule has 8 heteroatoms. The second kappa shape index (κ2) is 4.85.